The van der Waals surface area contributed by atoms with Gasteiger partial charge in [-0.15, -0.1) is 11.3 Å². The van der Waals surface area contributed by atoms with Gasteiger partial charge in [-0.2, -0.15) is 0 Å². The smallest absolute Gasteiger partial charge is 0.323 e. The summed E-state index contributed by atoms with van der Waals surface area (Å²) in [5, 5.41) is 3.97. The molecule has 3 amide bonds. The van der Waals surface area contributed by atoms with E-state index in [1.807, 2.05) is 20.0 Å². The Balaban J connectivity index is 1.70. The van der Waals surface area contributed by atoms with E-state index in [-0.39, 0.29) is 17.9 Å². The van der Waals surface area contributed by atoms with Gasteiger partial charge in [-0.05, 0) is 33.2 Å². The molecule has 1 aromatic heterocycles. The Morgan fingerprint density at radius 3 is 2.86 bits per heavy atom. The highest BCUT2D eigenvalue weighted by atomic mass is 32.1. The van der Waals surface area contributed by atoms with Crippen molar-refractivity contribution in [2.75, 3.05) is 20.1 Å². The minimum absolute atomic E-state index is 0.113. The van der Waals surface area contributed by atoms with Crippen LogP contribution in [0.2, 0.25) is 0 Å². The Bertz CT molecular complexity index is 602. The molecule has 0 aliphatic carbocycles. The molecule has 0 unspecified atom stereocenters. The fourth-order valence-electron chi connectivity index (χ4n) is 3.45. The summed E-state index contributed by atoms with van der Waals surface area (Å²) >= 11 is 1.72. The Morgan fingerprint density at radius 2 is 2.27 bits per heavy atom. The van der Waals surface area contributed by atoms with Gasteiger partial charge in [0.25, 0.3) is 5.91 Å². The lowest BCUT2D eigenvalue weighted by Gasteiger charge is -2.39. The second-order valence-corrected chi connectivity index (χ2v) is 7.74. The minimum Gasteiger partial charge on any atom is -0.323 e. The molecule has 2 saturated heterocycles. The van der Waals surface area contributed by atoms with E-state index in [2.05, 4.69) is 15.2 Å². The van der Waals surface area contributed by atoms with Gasteiger partial charge in [0, 0.05) is 37.1 Å². The number of aryl methyl sites for hydroxylation is 1. The van der Waals surface area contributed by atoms with Crippen LogP contribution >= 0.6 is 11.3 Å². The number of piperidine rings is 1. The van der Waals surface area contributed by atoms with Gasteiger partial charge in [-0.3, -0.25) is 14.6 Å². The number of hydrogen-bond donors (Lipinski definition) is 1. The molecule has 22 heavy (non-hydrogen) atoms. The Labute approximate surface area is 134 Å². The molecule has 3 heterocycles. The van der Waals surface area contributed by atoms with Crippen LogP contribution in [0.25, 0.3) is 0 Å². The Hall–Kier alpha value is -1.47. The van der Waals surface area contributed by atoms with Crippen molar-refractivity contribution in [1.82, 2.24) is 20.1 Å². The molecule has 2 aliphatic heterocycles. The molecule has 1 aromatic rings. The van der Waals surface area contributed by atoms with Crippen molar-refractivity contribution < 1.29 is 9.59 Å². The quantitative estimate of drug-likeness (QED) is 0.859. The number of urea groups is 1. The first-order valence-electron chi connectivity index (χ1n) is 7.64. The number of carbonyl (C=O) groups excluding carboxylic acids is 2. The summed E-state index contributed by atoms with van der Waals surface area (Å²) in [6.45, 7) is 6.60. The van der Waals surface area contributed by atoms with Crippen LogP contribution in [-0.4, -0.2) is 52.4 Å². The van der Waals surface area contributed by atoms with Gasteiger partial charge in [0.05, 0.1) is 5.01 Å². The zero-order valence-corrected chi connectivity index (χ0v) is 14.1. The van der Waals surface area contributed by atoms with E-state index < -0.39 is 5.54 Å². The minimum atomic E-state index is -0.770. The third-order valence-corrected chi connectivity index (χ3v) is 5.69. The van der Waals surface area contributed by atoms with Crippen LogP contribution in [0.4, 0.5) is 4.79 Å². The first-order chi connectivity index (χ1) is 10.4. The summed E-state index contributed by atoms with van der Waals surface area (Å²) in [6, 6.07) is -0.289. The number of likely N-dealkylation sites (N-methyl/N-ethyl adjacent to an activating group) is 1. The summed E-state index contributed by atoms with van der Waals surface area (Å²) in [5.41, 5.74) is -0.770. The van der Waals surface area contributed by atoms with Crippen molar-refractivity contribution in [2.24, 2.45) is 5.92 Å². The number of thiazole rings is 1. The van der Waals surface area contributed by atoms with Crippen molar-refractivity contribution in [3.05, 3.63) is 16.1 Å². The Kier molecular flexibility index (Phi) is 3.94. The molecular formula is C15H22N4O2S. The summed E-state index contributed by atoms with van der Waals surface area (Å²) in [7, 11) is 1.55. The Morgan fingerprint density at radius 1 is 1.50 bits per heavy atom. The fourth-order valence-corrected chi connectivity index (χ4v) is 4.28. The highest BCUT2D eigenvalue weighted by Crippen LogP contribution is 2.32. The number of hydrogen-bond acceptors (Lipinski definition) is 5. The molecule has 0 bridgehead atoms. The lowest BCUT2D eigenvalue weighted by molar-refractivity contribution is -0.132. The van der Waals surface area contributed by atoms with E-state index in [9.17, 15) is 9.59 Å². The molecule has 2 fully saturated rings. The van der Waals surface area contributed by atoms with E-state index in [1.54, 1.807) is 18.4 Å². The zero-order chi connectivity index (χ0) is 15.9. The second kappa shape index (κ2) is 5.62. The van der Waals surface area contributed by atoms with Crippen LogP contribution in [0.3, 0.4) is 0 Å². The van der Waals surface area contributed by atoms with Gasteiger partial charge in [0.15, 0.2) is 0 Å². The maximum atomic E-state index is 12.4. The normalized spacial score (nSPS) is 30.0. The van der Waals surface area contributed by atoms with Gasteiger partial charge in [-0.1, -0.05) is 0 Å². The van der Waals surface area contributed by atoms with E-state index in [0.717, 1.165) is 37.5 Å². The number of likely N-dealkylation sites (tertiary alicyclic amines) is 1. The molecule has 0 aromatic carbocycles. The highest BCUT2D eigenvalue weighted by molar-refractivity contribution is 7.11. The van der Waals surface area contributed by atoms with Crippen LogP contribution in [-0.2, 0) is 11.3 Å². The monoisotopic (exact) mass is 322 g/mol. The third-order valence-electron chi connectivity index (χ3n) is 4.79. The van der Waals surface area contributed by atoms with Crippen molar-refractivity contribution in [2.45, 2.75) is 38.8 Å². The molecule has 0 saturated carbocycles. The van der Waals surface area contributed by atoms with Crippen molar-refractivity contribution in [1.29, 1.82) is 0 Å². The van der Waals surface area contributed by atoms with Crippen molar-refractivity contribution >= 4 is 23.3 Å². The number of aromatic nitrogens is 1. The number of nitrogens with zero attached hydrogens (tertiary/aromatic N) is 3. The topological polar surface area (TPSA) is 65.5 Å². The average molecular weight is 322 g/mol. The summed E-state index contributed by atoms with van der Waals surface area (Å²) < 4.78 is 0. The number of nitrogens with one attached hydrogen (secondary N) is 1. The molecule has 0 radical (unpaired) electrons. The molecule has 6 nitrogen and oxygen atoms in total. The van der Waals surface area contributed by atoms with Crippen LogP contribution in [0.15, 0.2) is 6.20 Å². The fraction of sp³-hybridized carbons (Fsp3) is 0.667. The molecule has 1 N–H and O–H groups in total. The summed E-state index contributed by atoms with van der Waals surface area (Å²) in [4.78, 5) is 33.3. The molecule has 3 rings (SSSR count). The standard InChI is InChI=1S/C15H22N4O2S/c1-10-16-7-12(22-10)9-19-6-4-5-11(8-19)15(2)13(20)18(3)14(21)17-15/h7,11H,4-6,8-9H2,1-3H3,(H,17,21)/t11-,15+/m1/s1. The molecule has 0 spiro atoms. The number of carbonyl (C=O) groups is 2. The van der Waals surface area contributed by atoms with Gasteiger partial charge in [0.2, 0.25) is 0 Å². The summed E-state index contributed by atoms with van der Waals surface area (Å²) in [6.07, 6.45) is 3.95. The lowest BCUT2D eigenvalue weighted by atomic mass is 9.80. The van der Waals surface area contributed by atoms with Gasteiger partial charge in [0.1, 0.15) is 5.54 Å². The van der Waals surface area contributed by atoms with E-state index in [0.29, 0.717) is 0 Å². The lowest BCUT2D eigenvalue weighted by Crippen LogP contribution is -2.55. The molecule has 7 heteroatoms. The number of rotatable bonds is 3. The van der Waals surface area contributed by atoms with Crippen LogP contribution < -0.4 is 5.32 Å². The number of amides is 3. The predicted molar refractivity (Wildman–Crippen MR) is 84.6 cm³/mol. The van der Waals surface area contributed by atoms with E-state index in [1.165, 1.54) is 9.78 Å². The maximum Gasteiger partial charge on any atom is 0.324 e. The molecule has 2 aliphatic rings. The second-order valence-electron chi connectivity index (χ2n) is 6.42. The largest absolute Gasteiger partial charge is 0.324 e. The van der Waals surface area contributed by atoms with Crippen LogP contribution in [0.1, 0.15) is 29.7 Å². The SMILES string of the molecule is Cc1ncc(CN2CCC[C@@H]([C@]3(C)NC(=O)N(C)C3=O)C2)s1. The van der Waals surface area contributed by atoms with Crippen molar-refractivity contribution in [3.63, 3.8) is 0 Å². The zero-order valence-electron chi connectivity index (χ0n) is 13.3. The van der Waals surface area contributed by atoms with Gasteiger partial charge < -0.3 is 5.32 Å². The van der Waals surface area contributed by atoms with Crippen LogP contribution in [0.5, 0.6) is 0 Å². The van der Waals surface area contributed by atoms with Crippen molar-refractivity contribution in [3.8, 4) is 0 Å². The van der Waals surface area contributed by atoms with Gasteiger partial charge >= 0.3 is 6.03 Å². The predicted octanol–water partition coefficient (Wildman–Crippen LogP) is 1.60. The first-order valence-corrected chi connectivity index (χ1v) is 8.46. The van der Waals surface area contributed by atoms with Gasteiger partial charge in [-0.25, -0.2) is 9.78 Å². The highest BCUT2D eigenvalue weighted by Gasteiger charge is 2.51. The molecular weight excluding hydrogens is 300 g/mol. The molecule has 120 valence electrons. The van der Waals surface area contributed by atoms with Crippen LogP contribution in [0, 0.1) is 12.8 Å². The average Bonchev–Trinajstić information content (AvgIpc) is 2.98. The maximum absolute atomic E-state index is 12.4. The summed E-state index contributed by atoms with van der Waals surface area (Å²) in [5.74, 6) is 0.0367. The first kappa shape index (κ1) is 15.4. The van der Waals surface area contributed by atoms with E-state index >= 15 is 0 Å². The third kappa shape index (κ3) is 2.63. The molecule has 2 atom stereocenters. The van der Waals surface area contributed by atoms with E-state index in [4.69, 9.17) is 0 Å². The number of imide groups is 1.